The summed E-state index contributed by atoms with van der Waals surface area (Å²) in [6.45, 7) is 2.05. The van der Waals surface area contributed by atoms with E-state index >= 15 is 0 Å². The zero-order valence-corrected chi connectivity index (χ0v) is 12.5. The van der Waals surface area contributed by atoms with Crippen LogP contribution < -0.4 is 0 Å². The molecule has 0 heterocycles. The fourth-order valence-electron chi connectivity index (χ4n) is 0. The molecule has 0 spiro atoms. The molecule has 0 bridgehead atoms. The molecule has 0 aromatic carbocycles. The normalized spacial score (nSPS) is 11.5. The van der Waals surface area contributed by atoms with Gasteiger partial charge in [-0.2, -0.15) is 0 Å². The molecule has 0 aliphatic rings. The Morgan fingerprint density at radius 3 is 0.632 bits per heavy atom. The SMILES string of the molecule is CC=[CH][K].F[B-](F)(F)F.F[B-](F)(F)F.F[B-](F)(F)F. The predicted octanol–water partition coefficient (Wildman–Crippen LogP) is 4.59. The minimum atomic E-state index is -6.00. The molecule has 16 heteroatoms. The Balaban J connectivity index is -0.0000000793. The number of hydrogen-bond acceptors (Lipinski definition) is 0. The van der Waals surface area contributed by atoms with E-state index in [4.69, 9.17) is 0 Å². The van der Waals surface area contributed by atoms with Crippen molar-refractivity contribution in [1.29, 1.82) is 0 Å². The first-order valence-electron chi connectivity index (χ1n) is 4.11. The van der Waals surface area contributed by atoms with E-state index in [1.165, 1.54) is 0 Å². The van der Waals surface area contributed by atoms with Gasteiger partial charge in [0.1, 0.15) is 0 Å². The molecule has 114 valence electrons. The van der Waals surface area contributed by atoms with Gasteiger partial charge in [0, 0.05) is 0 Å². The van der Waals surface area contributed by atoms with Crippen molar-refractivity contribution in [2.75, 3.05) is 0 Å². The van der Waals surface area contributed by atoms with Crippen LogP contribution in [0.15, 0.2) is 6.25 Å². The largest absolute Gasteiger partial charge is 0.673 e. The molecule has 0 aromatic rings. The zero-order chi connectivity index (χ0) is 16.9. The van der Waals surface area contributed by atoms with Gasteiger partial charge in [-0.25, -0.2) is 0 Å². The van der Waals surface area contributed by atoms with Crippen LogP contribution in [0.3, 0.4) is 0 Å². The van der Waals surface area contributed by atoms with E-state index in [0.717, 1.165) is 49.0 Å². The summed E-state index contributed by atoms with van der Waals surface area (Å²) < 4.78 is 119. The van der Waals surface area contributed by atoms with Crippen LogP contribution in [0.1, 0.15) is 6.92 Å². The first-order chi connectivity index (χ1) is 7.91. The third-order valence-electron chi connectivity index (χ3n) is 0.333. The average molecular weight is 341 g/mol. The smallest absolute Gasteiger partial charge is 0.418 e. The Morgan fingerprint density at radius 2 is 0.632 bits per heavy atom. The van der Waals surface area contributed by atoms with Crippen LogP contribution in [0.5, 0.6) is 0 Å². The standard InChI is InChI=1S/C3H5.3BF4.K/c1-3-2;3*2-1(3,4)5;/h1,3H,2H3;;;;/q;3*-1;. The minimum absolute atomic E-state index is 0.932. The maximum atomic E-state index is 9.75. The first-order valence-corrected chi connectivity index (χ1v) is 5.91. The summed E-state index contributed by atoms with van der Waals surface area (Å²) in [5, 5.41) is 0. The maximum Gasteiger partial charge on any atom is 0.673 e. The molecule has 0 unspecified atom stereocenters. The summed E-state index contributed by atoms with van der Waals surface area (Å²) in [5.74, 6) is 0. The van der Waals surface area contributed by atoms with Crippen LogP contribution in [0, 0.1) is 0 Å². The molecule has 0 saturated heterocycles. The summed E-state index contributed by atoms with van der Waals surface area (Å²) in [6.07, 6.45) is 2.08. The van der Waals surface area contributed by atoms with Crippen LogP contribution in [0.4, 0.5) is 51.8 Å². The van der Waals surface area contributed by atoms with Crippen molar-refractivity contribution in [2.45, 2.75) is 6.92 Å². The molecule has 0 radical (unpaired) electrons. The summed E-state index contributed by atoms with van der Waals surface area (Å²) in [7, 11) is -18.0. The number of allylic oxidation sites excluding steroid dienone is 1. The predicted molar refractivity (Wildman–Crippen MR) is 51.1 cm³/mol. The van der Waals surface area contributed by atoms with E-state index in [1.54, 1.807) is 0 Å². The van der Waals surface area contributed by atoms with Crippen molar-refractivity contribution in [3.05, 3.63) is 6.25 Å². The van der Waals surface area contributed by atoms with Crippen molar-refractivity contribution in [3.63, 3.8) is 0 Å². The molecule has 0 saturated carbocycles. The second kappa shape index (κ2) is 13.7. The van der Waals surface area contributed by atoms with E-state index in [-0.39, 0.29) is 0 Å². The van der Waals surface area contributed by atoms with Crippen molar-refractivity contribution >= 4 is 70.7 Å². The molecule has 0 amide bonds. The number of rotatable bonds is 0. The summed E-state index contributed by atoms with van der Waals surface area (Å²) >= 11 is 0.932. The second-order valence-corrected chi connectivity index (χ2v) is 3.19. The first kappa shape index (κ1) is 28.0. The molecule has 19 heavy (non-hydrogen) atoms. The quantitative estimate of drug-likeness (QED) is 0.447. The van der Waals surface area contributed by atoms with Gasteiger partial charge in [0.25, 0.3) is 0 Å². The number of hydrogen-bond donors (Lipinski definition) is 0. The van der Waals surface area contributed by atoms with Crippen molar-refractivity contribution in [2.24, 2.45) is 0 Å². The molecular weight excluding hydrogens is 336 g/mol. The van der Waals surface area contributed by atoms with Crippen LogP contribution in [-0.2, 0) is 0 Å². The van der Waals surface area contributed by atoms with Crippen LogP contribution in [0.25, 0.3) is 0 Å². The van der Waals surface area contributed by atoms with E-state index in [0.29, 0.717) is 0 Å². The third-order valence-corrected chi connectivity index (χ3v) is 1.37. The fourth-order valence-corrected chi connectivity index (χ4v) is 0. The van der Waals surface area contributed by atoms with E-state index < -0.39 is 21.8 Å². The Labute approximate surface area is 134 Å². The van der Waals surface area contributed by atoms with Gasteiger partial charge in [-0.05, 0) is 0 Å². The van der Waals surface area contributed by atoms with Gasteiger partial charge < -0.3 is 51.8 Å². The minimum Gasteiger partial charge on any atom is -0.418 e. The molecule has 0 atom stereocenters. The maximum absolute atomic E-state index is 9.75. The second-order valence-electron chi connectivity index (χ2n) is 2.15. The molecule has 0 aromatic heterocycles. The molecule has 0 aliphatic carbocycles. The van der Waals surface area contributed by atoms with E-state index in [9.17, 15) is 51.8 Å². The molecule has 0 rings (SSSR count). The van der Waals surface area contributed by atoms with Gasteiger partial charge in [-0.3, -0.25) is 0 Å². The van der Waals surface area contributed by atoms with Crippen LogP contribution in [-0.4, -0.2) is 70.7 Å². The molecular formula is C3H5B3F12K-3. The third kappa shape index (κ3) is 1750. The number of halogens is 12. The van der Waals surface area contributed by atoms with E-state index in [1.807, 2.05) is 6.92 Å². The Kier molecular flexibility index (Phi) is 20.2. The van der Waals surface area contributed by atoms with E-state index in [2.05, 4.69) is 6.25 Å². The molecule has 0 nitrogen and oxygen atoms in total. The Hall–Kier alpha value is 0.731. The molecule has 0 fully saturated rings. The Morgan fingerprint density at radius 1 is 0.579 bits per heavy atom. The summed E-state index contributed by atoms with van der Waals surface area (Å²) in [4.78, 5) is 0. The van der Waals surface area contributed by atoms with Crippen molar-refractivity contribution in [3.8, 4) is 0 Å². The van der Waals surface area contributed by atoms with Gasteiger partial charge in [-0.15, -0.1) is 0 Å². The zero-order valence-electron chi connectivity index (χ0n) is 9.42. The van der Waals surface area contributed by atoms with Gasteiger partial charge >= 0.3 is 83.9 Å². The molecule has 0 aliphatic heterocycles. The van der Waals surface area contributed by atoms with Crippen molar-refractivity contribution < 1.29 is 51.8 Å². The fraction of sp³-hybridized carbons (Fsp3) is 0.333. The van der Waals surface area contributed by atoms with Crippen LogP contribution in [0.2, 0.25) is 0 Å². The summed E-state index contributed by atoms with van der Waals surface area (Å²) in [5.41, 5.74) is 0. The monoisotopic (exact) mass is 341 g/mol. The van der Waals surface area contributed by atoms with Crippen LogP contribution >= 0.6 is 0 Å². The topological polar surface area (TPSA) is 0 Å². The van der Waals surface area contributed by atoms with Gasteiger partial charge in [0.15, 0.2) is 0 Å². The Bertz CT molecular complexity index is 153. The van der Waals surface area contributed by atoms with Gasteiger partial charge in [0.2, 0.25) is 0 Å². The molecule has 0 N–H and O–H groups in total. The van der Waals surface area contributed by atoms with Gasteiger partial charge in [0.05, 0.1) is 0 Å². The summed E-state index contributed by atoms with van der Waals surface area (Å²) in [6, 6.07) is 0. The average Bonchev–Trinajstić information content (AvgIpc) is 1.93. The van der Waals surface area contributed by atoms with Gasteiger partial charge in [-0.1, -0.05) is 0 Å². The van der Waals surface area contributed by atoms with Crippen molar-refractivity contribution in [1.82, 2.24) is 0 Å².